The normalized spacial score (nSPS) is 37.3. The molecule has 144 valence electrons. The monoisotopic (exact) mass is 368 g/mol. The Bertz CT molecular complexity index is 814. The first-order valence-electron chi connectivity index (χ1n) is 10.1. The van der Waals surface area contributed by atoms with Crippen LogP contribution in [0.15, 0.2) is 34.9 Å². The van der Waals surface area contributed by atoms with Gasteiger partial charge in [0, 0.05) is 29.7 Å². The van der Waals surface area contributed by atoms with E-state index in [2.05, 4.69) is 26.0 Å². The lowest BCUT2D eigenvalue weighted by Gasteiger charge is -2.53. The molecule has 0 aromatic carbocycles. The van der Waals surface area contributed by atoms with Gasteiger partial charge in [-0.2, -0.15) is 0 Å². The van der Waals surface area contributed by atoms with Crippen molar-refractivity contribution in [1.29, 1.82) is 0 Å². The van der Waals surface area contributed by atoms with Gasteiger partial charge >= 0.3 is 5.97 Å². The largest absolute Gasteiger partial charge is 0.457 e. The van der Waals surface area contributed by atoms with Gasteiger partial charge in [-0.3, -0.25) is 14.4 Å². The van der Waals surface area contributed by atoms with Crippen LogP contribution in [0.1, 0.15) is 59.3 Å². The van der Waals surface area contributed by atoms with E-state index in [0.717, 1.165) is 37.7 Å². The first-order chi connectivity index (χ1) is 12.8. The first kappa shape index (κ1) is 18.4. The molecule has 0 aromatic heterocycles. The highest BCUT2D eigenvalue weighted by atomic mass is 16.5. The number of Topliss-reactive ketones (excluding diaryl/α,β-unsaturated/α-hetero) is 1. The molecule has 0 radical (unpaired) electrons. The molecule has 0 spiro atoms. The van der Waals surface area contributed by atoms with Crippen molar-refractivity contribution < 1.29 is 19.1 Å². The molecule has 1 fully saturated rings. The van der Waals surface area contributed by atoms with Crippen molar-refractivity contribution in [3.63, 3.8) is 0 Å². The van der Waals surface area contributed by atoms with Crippen LogP contribution < -0.4 is 0 Å². The van der Waals surface area contributed by atoms with E-state index in [1.165, 1.54) is 18.1 Å². The summed E-state index contributed by atoms with van der Waals surface area (Å²) in [5.74, 6) is 0.681. The van der Waals surface area contributed by atoms with Gasteiger partial charge < -0.3 is 4.74 Å². The Morgan fingerprint density at radius 3 is 2.74 bits per heavy atom. The molecule has 0 saturated heterocycles. The van der Waals surface area contributed by atoms with Crippen LogP contribution in [0.3, 0.4) is 0 Å². The summed E-state index contributed by atoms with van der Waals surface area (Å²) >= 11 is 0. The number of rotatable bonds is 3. The van der Waals surface area contributed by atoms with Crippen molar-refractivity contribution in [1.82, 2.24) is 0 Å². The summed E-state index contributed by atoms with van der Waals surface area (Å²) in [7, 11) is 0. The van der Waals surface area contributed by atoms with Gasteiger partial charge in [-0.25, -0.2) is 0 Å². The van der Waals surface area contributed by atoms with Crippen molar-refractivity contribution in [3.8, 4) is 0 Å². The SMILES string of the molecule is CC(=O)OCC(=O)C1=CC[C@H]2[C@@H]3CCC4=CC(=O)CC[C@@]4(C)C3=CC[C@]12C. The zero-order valence-corrected chi connectivity index (χ0v) is 16.5. The molecule has 0 amide bonds. The molecule has 0 unspecified atom stereocenters. The molecule has 1 saturated carbocycles. The summed E-state index contributed by atoms with van der Waals surface area (Å²) in [4.78, 5) is 35.7. The lowest BCUT2D eigenvalue weighted by Crippen LogP contribution is -2.44. The standard InChI is InChI=1S/C23H28O4/c1-14(24)27-13-21(26)20-7-6-18-17-5-4-15-12-16(25)8-10-22(15,2)19(17)9-11-23(18,20)3/h7,9,12,17-18H,4-6,8,10-11,13H2,1-3H3/t17-,18-,22+,23-/m0/s1. The maximum atomic E-state index is 12.7. The lowest BCUT2D eigenvalue weighted by molar-refractivity contribution is -0.145. The van der Waals surface area contributed by atoms with E-state index in [1.54, 1.807) is 0 Å². The smallest absolute Gasteiger partial charge is 0.303 e. The van der Waals surface area contributed by atoms with Crippen molar-refractivity contribution >= 4 is 17.5 Å². The molecule has 0 aromatic rings. The number of fused-ring (bicyclic) bond motifs is 5. The molecular formula is C23H28O4. The lowest BCUT2D eigenvalue weighted by atomic mass is 9.51. The Balaban J connectivity index is 1.62. The van der Waals surface area contributed by atoms with Crippen molar-refractivity contribution in [2.24, 2.45) is 22.7 Å². The number of ether oxygens (including phenoxy) is 1. The Kier molecular flexibility index (Phi) is 4.28. The van der Waals surface area contributed by atoms with Gasteiger partial charge in [0.05, 0.1) is 0 Å². The molecule has 0 heterocycles. The van der Waals surface area contributed by atoms with Crippen LogP contribution in [0.5, 0.6) is 0 Å². The van der Waals surface area contributed by atoms with E-state index in [9.17, 15) is 14.4 Å². The Morgan fingerprint density at radius 2 is 2.00 bits per heavy atom. The number of hydrogen-bond acceptors (Lipinski definition) is 4. The van der Waals surface area contributed by atoms with Crippen LogP contribution in [0.2, 0.25) is 0 Å². The molecule has 27 heavy (non-hydrogen) atoms. The second kappa shape index (κ2) is 6.29. The van der Waals surface area contributed by atoms with E-state index in [-0.39, 0.29) is 29.0 Å². The van der Waals surface area contributed by atoms with Gasteiger partial charge in [0.2, 0.25) is 0 Å². The van der Waals surface area contributed by atoms with Crippen molar-refractivity contribution in [2.75, 3.05) is 6.61 Å². The molecule has 4 aliphatic carbocycles. The van der Waals surface area contributed by atoms with Crippen LogP contribution >= 0.6 is 0 Å². The van der Waals surface area contributed by atoms with E-state index < -0.39 is 5.97 Å². The minimum absolute atomic E-state index is 0.0165. The summed E-state index contributed by atoms with van der Waals surface area (Å²) in [5, 5.41) is 0. The second-order valence-electron chi connectivity index (χ2n) is 9.06. The van der Waals surface area contributed by atoms with Crippen LogP contribution in [-0.4, -0.2) is 24.1 Å². The first-order valence-corrected chi connectivity index (χ1v) is 10.1. The molecular weight excluding hydrogens is 340 g/mol. The van der Waals surface area contributed by atoms with E-state index in [4.69, 9.17) is 4.74 Å². The molecule has 4 atom stereocenters. The fraction of sp³-hybridized carbons (Fsp3) is 0.609. The quantitative estimate of drug-likeness (QED) is 0.556. The number of hydrogen-bond donors (Lipinski definition) is 0. The Hall–Kier alpha value is -1.97. The Morgan fingerprint density at radius 1 is 1.22 bits per heavy atom. The van der Waals surface area contributed by atoms with Gasteiger partial charge in [-0.1, -0.05) is 37.1 Å². The summed E-state index contributed by atoms with van der Waals surface area (Å²) < 4.78 is 4.96. The molecule has 4 heteroatoms. The topological polar surface area (TPSA) is 60.4 Å². The van der Waals surface area contributed by atoms with Crippen LogP contribution in [0.4, 0.5) is 0 Å². The maximum Gasteiger partial charge on any atom is 0.303 e. The number of esters is 1. The maximum absolute atomic E-state index is 12.7. The summed E-state index contributed by atoms with van der Waals surface area (Å²) in [6.07, 6.45) is 11.7. The third kappa shape index (κ3) is 2.76. The van der Waals surface area contributed by atoms with Crippen molar-refractivity contribution in [2.45, 2.75) is 59.3 Å². The minimum Gasteiger partial charge on any atom is -0.457 e. The molecule has 0 bridgehead atoms. The Labute approximate surface area is 160 Å². The third-order valence-corrected chi connectivity index (χ3v) is 7.62. The van der Waals surface area contributed by atoms with Crippen molar-refractivity contribution in [3.05, 3.63) is 34.9 Å². The molecule has 4 nitrogen and oxygen atoms in total. The van der Waals surface area contributed by atoms with E-state index in [1.807, 2.05) is 6.08 Å². The van der Waals surface area contributed by atoms with Crippen LogP contribution in [0.25, 0.3) is 0 Å². The molecule has 4 rings (SSSR count). The van der Waals surface area contributed by atoms with E-state index in [0.29, 0.717) is 18.3 Å². The number of carbonyl (C=O) groups excluding carboxylic acids is 3. The van der Waals surface area contributed by atoms with Gasteiger partial charge in [0.1, 0.15) is 0 Å². The highest BCUT2D eigenvalue weighted by Crippen LogP contribution is 2.63. The highest BCUT2D eigenvalue weighted by molar-refractivity contribution is 5.99. The number of allylic oxidation sites excluding steroid dienone is 5. The van der Waals surface area contributed by atoms with Gasteiger partial charge in [0.15, 0.2) is 18.2 Å². The van der Waals surface area contributed by atoms with Crippen LogP contribution in [-0.2, 0) is 19.1 Å². The van der Waals surface area contributed by atoms with E-state index >= 15 is 0 Å². The summed E-state index contributed by atoms with van der Waals surface area (Å²) in [6, 6.07) is 0. The fourth-order valence-electron chi connectivity index (χ4n) is 6.11. The third-order valence-electron chi connectivity index (χ3n) is 7.62. The minimum atomic E-state index is -0.416. The molecule has 0 N–H and O–H groups in total. The molecule has 0 aliphatic heterocycles. The predicted octanol–water partition coefficient (Wildman–Crippen LogP) is 4.11. The highest BCUT2D eigenvalue weighted by Gasteiger charge is 2.54. The van der Waals surface area contributed by atoms with Gasteiger partial charge in [0.25, 0.3) is 0 Å². The number of carbonyl (C=O) groups is 3. The average Bonchev–Trinajstić information content (AvgIpc) is 2.97. The summed E-state index contributed by atoms with van der Waals surface area (Å²) in [6.45, 7) is 5.69. The molecule has 4 aliphatic rings. The predicted molar refractivity (Wildman–Crippen MR) is 102 cm³/mol. The zero-order valence-electron chi connectivity index (χ0n) is 16.5. The summed E-state index contributed by atoms with van der Waals surface area (Å²) in [5.41, 5.74) is 3.49. The number of ketones is 2. The second-order valence-corrected chi connectivity index (χ2v) is 9.06. The van der Waals surface area contributed by atoms with Gasteiger partial charge in [-0.15, -0.1) is 0 Å². The zero-order chi connectivity index (χ0) is 19.4. The fourth-order valence-corrected chi connectivity index (χ4v) is 6.11. The van der Waals surface area contributed by atoms with Gasteiger partial charge in [-0.05, 0) is 50.0 Å². The average molecular weight is 368 g/mol. The van der Waals surface area contributed by atoms with Crippen LogP contribution in [0, 0.1) is 22.7 Å².